The van der Waals surface area contributed by atoms with Gasteiger partial charge >= 0.3 is 0 Å². The quantitative estimate of drug-likeness (QED) is 0.494. The minimum absolute atomic E-state index is 0.209. The number of hydrogen-bond acceptors (Lipinski definition) is 5. The standard InChI is InChI=1S/C17H15N3OS/c1-2-7-15(13-8-4-3-5-9-13)22-17-20-19-16(21-17)14-10-6-11-18-12-14/h2-6,8-12,15H,1,7H2. The van der Waals surface area contributed by atoms with Gasteiger partial charge < -0.3 is 4.42 Å². The molecule has 0 bridgehead atoms. The summed E-state index contributed by atoms with van der Waals surface area (Å²) in [5.41, 5.74) is 2.04. The molecule has 0 aliphatic rings. The van der Waals surface area contributed by atoms with Gasteiger partial charge in [0, 0.05) is 17.6 Å². The third kappa shape index (κ3) is 3.43. The molecule has 5 heteroatoms. The summed E-state index contributed by atoms with van der Waals surface area (Å²) >= 11 is 1.55. The van der Waals surface area contributed by atoms with Crippen LogP contribution in [0.4, 0.5) is 0 Å². The van der Waals surface area contributed by atoms with Gasteiger partial charge in [-0.2, -0.15) is 0 Å². The summed E-state index contributed by atoms with van der Waals surface area (Å²) < 4.78 is 5.73. The zero-order valence-corrected chi connectivity index (χ0v) is 12.7. The van der Waals surface area contributed by atoms with Gasteiger partial charge in [0.05, 0.1) is 5.56 Å². The van der Waals surface area contributed by atoms with E-state index in [1.54, 1.807) is 24.2 Å². The molecule has 1 unspecified atom stereocenters. The summed E-state index contributed by atoms with van der Waals surface area (Å²) in [6.07, 6.45) is 6.16. The first kappa shape index (κ1) is 14.5. The van der Waals surface area contributed by atoms with Gasteiger partial charge in [-0.25, -0.2) is 0 Å². The molecule has 1 atom stereocenters. The number of rotatable bonds is 6. The number of aromatic nitrogens is 3. The van der Waals surface area contributed by atoms with Crippen molar-refractivity contribution >= 4 is 11.8 Å². The fourth-order valence-corrected chi connectivity index (χ4v) is 3.04. The second kappa shape index (κ2) is 7.04. The van der Waals surface area contributed by atoms with E-state index in [2.05, 4.69) is 33.9 Å². The lowest BCUT2D eigenvalue weighted by molar-refractivity contribution is 0.464. The van der Waals surface area contributed by atoms with Gasteiger partial charge in [0.2, 0.25) is 5.89 Å². The van der Waals surface area contributed by atoms with Gasteiger partial charge in [0.15, 0.2) is 0 Å². The largest absolute Gasteiger partial charge is 0.411 e. The molecule has 0 aliphatic carbocycles. The van der Waals surface area contributed by atoms with Gasteiger partial charge in [0.1, 0.15) is 0 Å². The van der Waals surface area contributed by atoms with Crippen LogP contribution in [-0.2, 0) is 0 Å². The molecule has 2 aromatic heterocycles. The zero-order chi connectivity index (χ0) is 15.2. The SMILES string of the molecule is C=CCC(Sc1nnc(-c2cccnc2)o1)c1ccccc1. The average Bonchev–Trinajstić information content (AvgIpc) is 3.05. The molecule has 3 aromatic rings. The second-order valence-corrected chi connectivity index (χ2v) is 5.81. The maximum absolute atomic E-state index is 5.73. The third-order valence-corrected chi connectivity index (χ3v) is 4.23. The van der Waals surface area contributed by atoms with E-state index in [1.807, 2.05) is 36.4 Å². The van der Waals surface area contributed by atoms with Crippen LogP contribution in [0, 0.1) is 0 Å². The Labute approximate surface area is 133 Å². The van der Waals surface area contributed by atoms with Gasteiger partial charge in [-0.1, -0.05) is 48.2 Å². The van der Waals surface area contributed by atoms with Crippen molar-refractivity contribution in [1.29, 1.82) is 0 Å². The van der Waals surface area contributed by atoms with Crippen molar-refractivity contribution in [2.75, 3.05) is 0 Å². The summed E-state index contributed by atoms with van der Waals surface area (Å²) in [4.78, 5) is 4.06. The maximum atomic E-state index is 5.73. The molecule has 0 saturated carbocycles. The van der Waals surface area contributed by atoms with Crippen LogP contribution in [0.5, 0.6) is 0 Å². The van der Waals surface area contributed by atoms with Gasteiger partial charge in [-0.3, -0.25) is 4.98 Å². The van der Waals surface area contributed by atoms with Crippen molar-refractivity contribution in [3.8, 4) is 11.5 Å². The smallest absolute Gasteiger partial charge is 0.277 e. The van der Waals surface area contributed by atoms with Crippen molar-refractivity contribution in [2.45, 2.75) is 16.9 Å². The number of allylic oxidation sites excluding steroid dienone is 1. The van der Waals surface area contributed by atoms with Gasteiger partial charge in [-0.05, 0) is 24.1 Å². The molecule has 0 radical (unpaired) electrons. The van der Waals surface area contributed by atoms with E-state index < -0.39 is 0 Å². The van der Waals surface area contributed by atoms with Crippen molar-refractivity contribution < 1.29 is 4.42 Å². The lowest BCUT2D eigenvalue weighted by Crippen LogP contribution is -1.92. The highest BCUT2D eigenvalue weighted by atomic mass is 32.2. The van der Waals surface area contributed by atoms with Crippen molar-refractivity contribution in [2.24, 2.45) is 0 Å². The van der Waals surface area contributed by atoms with Crippen LogP contribution in [0.15, 0.2) is 77.2 Å². The lowest BCUT2D eigenvalue weighted by Gasteiger charge is -2.12. The van der Waals surface area contributed by atoms with Crippen molar-refractivity contribution in [3.05, 3.63) is 73.1 Å². The van der Waals surface area contributed by atoms with Gasteiger partial charge in [0.25, 0.3) is 5.22 Å². The number of benzene rings is 1. The van der Waals surface area contributed by atoms with E-state index in [0.717, 1.165) is 12.0 Å². The van der Waals surface area contributed by atoms with Crippen LogP contribution in [0.2, 0.25) is 0 Å². The van der Waals surface area contributed by atoms with Crippen LogP contribution in [0.1, 0.15) is 17.2 Å². The minimum Gasteiger partial charge on any atom is -0.411 e. The van der Waals surface area contributed by atoms with E-state index in [0.29, 0.717) is 11.1 Å². The highest BCUT2D eigenvalue weighted by molar-refractivity contribution is 7.99. The second-order valence-electron chi connectivity index (χ2n) is 4.66. The molecular formula is C17H15N3OS. The summed E-state index contributed by atoms with van der Waals surface area (Å²) in [6.45, 7) is 3.83. The Bertz CT molecular complexity index is 728. The normalized spacial score (nSPS) is 12.0. The fourth-order valence-electron chi connectivity index (χ4n) is 2.06. The van der Waals surface area contributed by atoms with E-state index in [1.165, 1.54) is 5.56 Å². The van der Waals surface area contributed by atoms with E-state index in [4.69, 9.17) is 4.42 Å². The first-order valence-corrected chi connectivity index (χ1v) is 7.81. The molecule has 0 N–H and O–H groups in total. The van der Waals surface area contributed by atoms with Crippen molar-refractivity contribution in [1.82, 2.24) is 15.2 Å². The summed E-state index contributed by atoms with van der Waals surface area (Å²) in [7, 11) is 0. The van der Waals surface area contributed by atoms with E-state index in [9.17, 15) is 0 Å². The minimum atomic E-state index is 0.209. The molecule has 0 aliphatic heterocycles. The van der Waals surface area contributed by atoms with Crippen LogP contribution in [-0.4, -0.2) is 15.2 Å². The first-order valence-electron chi connectivity index (χ1n) is 6.93. The summed E-state index contributed by atoms with van der Waals surface area (Å²) in [5.74, 6) is 0.487. The molecule has 0 amide bonds. The predicted molar refractivity (Wildman–Crippen MR) is 87.4 cm³/mol. The van der Waals surface area contributed by atoms with E-state index in [-0.39, 0.29) is 5.25 Å². The Morgan fingerprint density at radius 3 is 2.73 bits per heavy atom. The Morgan fingerprint density at radius 2 is 2.00 bits per heavy atom. The number of thioether (sulfide) groups is 1. The average molecular weight is 309 g/mol. The molecule has 2 heterocycles. The fraction of sp³-hybridized carbons (Fsp3) is 0.118. The summed E-state index contributed by atoms with van der Waals surface area (Å²) in [6, 6.07) is 14.0. The number of pyridine rings is 1. The molecule has 0 fully saturated rings. The Balaban J connectivity index is 1.79. The van der Waals surface area contributed by atoms with Gasteiger partial charge in [-0.15, -0.1) is 16.8 Å². The Morgan fingerprint density at radius 1 is 1.14 bits per heavy atom. The molecule has 0 saturated heterocycles. The molecule has 22 heavy (non-hydrogen) atoms. The molecule has 110 valence electrons. The molecular weight excluding hydrogens is 294 g/mol. The van der Waals surface area contributed by atoms with Crippen LogP contribution < -0.4 is 0 Å². The third-order valence-electron chi connectivity index (χ3n) is 3.11. The Hall–Kier alpha value is -2.40. The maximum Gasteiger partial charge on any atom is 0.277 e. The Kier molecular flexibility index (Phi) is 4.65. The topological polar surface area (TPSA) is 51.8 Å². The molecule has 1 aromatic carbocycles. The van der Waals surface area contributed by atoms with Crippen LogP contribution >= 0.6 is 11.8 Å². The zero-order valence-electron chi connectivity index (χ0n) is 11.9. The lowest BCUT2D eigenvalue weighted by atomic mass is 10.1. The molecule has 3 rings (SSSR count). The first-order chi connectivity index (χ1) is 10.9. The molecule has 0 spiro atoms. The van der Waals surface area contributed by atoms with Crippen molar-refractivity contribution in [3.63, 3.8) is 0 Å². The molecule has 4 nitrogen and oxygen atoms in total. The van der Waals surface area contributed by atoms with Crippen LogP contribution in [0.3, 0.4) is 0 Å². The van der Waals surface area contributed by atoms with Crippen LogP contribution in [0.25, 0.3) is 11.5 Å². The highest BCUT2D eigenvalue weighted by Gasteiger charge is 2.16. The highest BCUT2D eigenvalue weighted by Crippen LogP contribution is 2.37. The predicted octanol–water partition coefficient (Wildman–Crippen LogP) is 4.54. The summed E-state index contributed by atoms with van der Waals surface area (Å²) in [5, 5.41) is 8.97. The monoisotopic (exact) mass is 309 g/mol. The van der Waals surface area contributed by atoms with E-state index >= 15 is 0 Å². The number of nitrogens with zero attached hydrogens (tertiary/aromatic N) is 3. The number of hydrogen-bond donors (Lipinski definition) is 0.